The third kappa shape index (κ3) is 5.86. The largest absolute Gasteiger partial charge is 0.494 e. The molecule has 0 fully saturated rings. The molecular formula is C27H24FNO4. The number of hydrogen-bond acceptors (Lipinski definition) is 5. The first-order valence-corrected chi connectivity index (χ1v) is 10.8. The molecule has 3 aromatic carbocycles. The van der Waals surface area contributed by atoms with Crippen LogP contribution in [0.2, 0.25) is 0 Å². The smallest absolute Gasteiger partial charge is 0.363 e. The number of hydrogen-bond donors (Lipinski definition) is 0. The Morgan fingerprint density at radius 3 is 2.36 bits per heavy atom. The van der Waals surface area contributed by atoms with E-state index in [-0.39, 0.29) is 24.0 Å². The predicted molar refractivity (Wildman–Crippen MR) is 125 cm³/mol. The van der Waals surface area contributed by atoms with Crippen LogP contribution in [0.25, 0.3) is 6.08 Å². The van der Waals surface area contributed by atoms with Crippen LogP contribution in [0.4, 0.5) is 4.39 Å². The second-order valence-electron chi connectivity index (χ2n) is 7.51. The van der Waals surface area contributed by atoms with E-state index in [1.807, 2.05) is 24.3 Å². The Balaban J connectivity index is 1.40. The van der Waals surface area contributed by atoms with E-state index < -0.39 is 5.97 Å². The van der Waals surface area contributed by atoms with E-state index in [1.54, 1.807) is 48.5 Å². The highest BCUT2D eigenvalue weighted by atomic mass is 19.1. The quantitative estimate of drug-likeness (QED) is 0.233. The Labute approximate surface area is 192 Å². The zero-order valence-corrected chi connectivity index (χ0v) is 18.3. The summed E-state index contributed by atoms with van der Waals surface area (Å²) in [4.78, 5) is 16.6. The number of aliphatic imine (C=N–C) groups is 1. The van der Waals surface area contributed by atoms with Crippen LogP contribution in [0.1, 0.15) is 36.5 Å². The number of nitrogens with zero attached hydrogens (tertiary/aromatic N) is 1. The highest BCUT2D eigenvalue weighted by molar-refractivity contribution is 6.12. The maximum atomic E-state index is 13.7. The molecule has 0 N–H and O–H groups in total. The second kappa shape index (κ2) is 10.6. The molecule has 0 amide bonds. The number of cyclic esters (lactones) is 1. The first kappa shape index (κ1) is 22.3. The van der Waals surface area contributed by atoms with Gasteiger partial charge in [-0.2, -0.15) is 0 Å². The maximum absolute atomic E-state index is 13.7. The standard InChI is InChI=1S/C27H24FNO4/c1-2-3-16-31-22-14-10-20(11-15-22)26-29-25(27(30)33-26)17-19-8-12-23(13-9-19)32-18-21-6-4-5-7-24(21)28/h4-15,17H,2-3,16,18H2,1H3/b25-17+. The fourth-order valence-corrected chi connectivity index (χ4v) is 3.16. The van der Waals surface area contributed by atoms with Crippen molar-refractivity contribution in [1.29, 1.82) is 0 Å². The van der Waals surface area contributed by atoms with Crippen LogP contribution in [0.15, 0.2) is 83.5 Å². The van der Waals surface area contributed by atoms with Gasteiger partial charge in [-0.3, -0.25) is 0 Å². The van der Waals surface area contributed by atoms with E-state index in [1.165, 1.54) is 6.07 Å². The number of carbonyl (C=O) groups is 1. The molecule has 0 saturated heterocycles. The van der Waals surface area contributed by atoms with Gasteiger partial charge < -0.3 is 14.2 Å². The molecule has 168 valence electrons. The Morgan fingerprint density at radius 1 is 0.939 bits per heavy atom. The fourth-order valence-electron chi connectivity index (χ4n) is 3.16. The average molecular weight is 445 g/mol. The van der Waals surface area contributed by atoms with Crippen LogP contribution in [-0.4, -0.2) is 18.5 Å². The van der Waals surface area contributed by atoms with Crippen LogP contribution < -0.4 is 9.47 Å². The molecule has 0 aliphatic carbocycles. The second-order valence-corrected chi connectivity index (χ2v) is 7.51. The van der Waals surface area contributed by atoms with E-state index in [0.717, 1.165) is 24.2 Å². The van der Waals surface area contributed by atoms with E-state index in [2.05, 4.69) is 11.9 Å². The summed E-state index contributed by atoms with van der Waals surface area (Å²) in [7, 11) is 0. The molecular weight excluding hydrogens is 421 g/mol. The van der Waals surface area contributed by atoms with Gasteiger partial charge in [0, 0.05) is 11.1 Å². The Bertz CT molecular complexity index is 1170. The number of halogens is 1. The highest BCUT2D eigenvalue weighted by Crippen LogP contribution is 2.22. The highest BCUT2D eigenvalue weighted by Gasteiger charge is 2.24. The topological polar surface area (TPSA) is 57.1 Å². The van der Waals surface area contributed by atoms with Crippen LogP contribution in [0.3, 0.4) is 0 Å². The SMILES string of the molecule is CCCCOc1ccc(C2=N/C(=C/c3ccc(OCc4ccccc4F)cc3)C(=O)O2)cc1. The molecule has 6 heteroatoms. The number of unbranched alkanes of at least 4 members (excludes halogenated alkanes) is 1. The monoisotopic (exact) mass is 445 g/mol. The zero-order chi connectivity index (χ0) is 23.0. The summed E-state index contributed by atoms with van der Waals surface area (Å²) < 4.78 is 30.3. The van der Waals surface area contributed by atoms with Gasteiger partial charge in [-0.25, -0.2) is 14.2 Å². The number of rotatable bonds is 9. The van der Waals surface area contributed by atoms with Gasteiger partial charge in [0.05, 0.1) is 6.61 Å². The molecule has 0 unspecified atom stereocenters. The van der Waals surface area contributed by atoms with Crippen LogP contribution in [0, 0.1) is 5.82 Å². The fraction of sp³-hybridized carbons (Fsp3) is 0.185. The van der Waals surface area contributed by atoms with Crippen LogP contribution in [-0.2, 0) is 16.1 Å². The average Bonchev–Trinajstić information content (AvgIpc) is 3.20. The summed E-state index contributed by atoms with van der Waals surface area (Å²) in [5.41, 5.74) is 2.17. The number of ether oxygens (including phenoxy) is 3. The van der Waals surface area contributed by atoms with E-state index >= 15 is 0 Å². The number of carbonyl (C=O) groups excluding carboxylic acids is 1. The molecule has 1 aliphatic heterocycles. The van der Waals surface area contributed by atoms with Crippen molar-refractivity contribution in [2.24, 2.45) is 4.99 Å². The molecule has 0 radical (unpaired) electrons. The molecule has 0 saturated carbocycles. The molecule has 4 rings (SSSR count). The van der Waals surface area contributed by atoms with Crippen LogP contribution in [0.5, 0.6) is 11.5 Å². The minimum absolute atomic E-state index is 0.134. The van der Waals surface area contributed by atoms with Gasteiger partial charge in [0.2, 0.25) is 5.90 Å². The molecule has 1 aliphatic rings. The first-order valence-electron chi connectivity index (χ1n) is 10.8. The summed E-state index contributed by atoms with van der Waals surface area (Å²) in [6, 6.07) is 20.9. The molecule has 33 heavy (non-hydrogen) atoms. The Kier molecular flexibility index (Phi) is 7.15. The predicted octanol–water partition coefficient (Wildman–Crippen LogP) is 5.93. The first-order chi connectivity index (χ1) is 16.1. The van der Waals surface area contributed by atoms with Gasteiger partial charge in [-0.1, -0.05) is 43.7 Å². The van der Waals surface area contributed by atoms with Crippen molar-refractivity contribution in [3.05, 3.63) is 101 Å². The van der Waals surface area contributed by atoms with Crippen molar-refractivity contribution >= 4 is 17.9 Å². The summed E-state index contributed by atoms with van der Waals surface area (Å²) in [6.07, 6.45) is 3.72. The van der Waals surface area contributed by atoms with E-state index in [0.29, 0.717) is 23.5 Å². The van der Waals surface area contributed by atoms with Crippen molar-refractivity contribution in [2.45, 2.75) is 26.4 Å². The molecule has 3 aromatic rings. The summed E-state index contributed by atoms with van der Waals surface area (Å²) >= 11 is 0. The van der Waals surface area contributed by atoms with Crippen molar-refractivity contribution in [2.75, 3.05) is 6.61 Å². The summed E-state index contributed by atoms with van der Waals surface area (Å²) in [5, 5.41) is 0. The van der Waals surface area contributed by atoms with Crippen LogP contribution >= 0.6 is 0 Å². The number of benzene rings is 3. The summed E-state index contributed by atoms with van der Waals surface area (Å²) in [5.74, 6) is 0.820. The van der Waals surface area contributed by atoms with Gasteiger partial charge in [0.25, 0.3) is 0 Å². The zero-order valence-electron chi connectivity index (χ0n) is 18.3. The molecule has 0 bridgehead atoms. The molecule has 1 heterocycles. The van der Waals surface area contributed by atoms with Crippen molar-refractivity contribution in [1.82, 2.24) is 0 Å². The lowest BCUT2D eigenvalue weighted by molar-refractivity contribution is -0.129. The Morgan fingerprint density at radius 2 is 1.64 bits per heavy atom. The third-order valence-corrected chi connectivity index (χ3v) is 5.02. The number of esters is 1. The van der Waals surface area contributed by atoms with Gasteiger partial charge in [0.1, 0.15) is 23.9 Å². The lowest BCUT2D eigenvalue weighted by Crippen LogP contribution is -2.05. The molecule has 5 nitrogen and oxygen atoms in total. The van der Waals surface area contributed by atoms with E-state index in [9.17, 15) is 9.18 Å². The van der Waals surface area contributed by atoms with Crippen molar-refractivity contribution in [3.8, 4) is 11.5 Å². The minimum atomic E-state index is -0.506. The molecule has 0 spiro atoms. The van der Waals surface area contributed by atoms with E-state index in [4.69, 9.17) is 14.2 Å². The van der Waals surface area contributed by atoms with Gasteiger partial charge in [0.15, 0.2) is 5.70 Å². The van der Waals surface area contributed by atoms with Gasteiger partial charge in [-0.15, -0.1) is 0 Å². The molecule has 0 aromatic heterocycles. The molecule has 0 atom stereocenters. The normalized spacial score (nSPS) is 14.2. The Hall–Kier alpha value is -3.93. The minimum Gasteiger partial charge on any atom is -0.494 e. The lowest BCUT2D eigenvalue weighted by Gasteiger charge is -2.07. The maximum Gasteiger partial charge on any atom is 0.363 e. The van der Waals surface area contributed by atoms with Crippen molar-refractivity contribution < 1.29 is 23.4 Å². The van der Waals surface area contributed by atoms with Gasteiger partial charge in [-0.05, 0) is 60.5 Å². The third-order valence-electron chi connectivity index (χ3n) is 5.02. The lowest BCUT2D eigenvalue weighted by atomic mass is 10.2. The van der Waals surface area contributed by atoms with Gasteiger partial charge >= 0.3 is 5.97 Å². The van der Waals surface area contributed by atoms with Crippen molar-refractivity contribution in [3.63, 3.8) is 0 Å². The summed E-state index contributed by atoms with van der Waals surface area (Å²) in [6.45, 7) is 2.92.